The first kappa shape index (κ1) is 18.8. The summed E-state index contributed by atoms with van der Waals surface area (Å²) in [6.45, 7) is 6.93. The first-order valence-corrected chi connectivity index (χ1v) is 9.84. The molecule has 0 spiro atoms. The Bertz CT molecular complexity index is 820. The fourth-order valence-corrected chi connectivity index (χ4v) is 4.52. The van der Waals surface area contributed by atoms with Crippen molar-refractivity contribution in [3.05, 3.63) is 16.6 Å². The minimum absolute atomic E-state index is 0.0503. The molecule has 1 amide bonds. The molecule has 0 aromatic carbocycles. The second kappa shape index (κ2) is 7.36. The SMILES string of the molecule is CCN(CC(=O)O)C1CC(NC(=O)c2cc3c(C(C)C)nn(C)c3s2)C1. The van der Waals surface area contributed by atoms with E-state index in [9.17, 15) is 9.59 Å². The van der Waals surface area contributed by atoms with Crippen LogP contribution in [0.15, 0.2) is 6.07 Å². The fourth-order valence-electron chi connectivity index (χ4n) is 3.54. The molecule has 3 rings (SSSR count). The number of carbonyl (C=O) groups excluding carboxylic acids is 1. The van der Waals surface area contributed by atoms with Crippen LogP contribution in [0, 0.1) is 0 Å². The Hall–Kier alpha value is -1.93. The maximum Gasteiger partial charge on any atom is 0.317 e. The third kappa shape index (κ3) is 3.61. The van der Waals surface area contributed by atoms with Crippen molar-refractivity contribution < 1.29 is 14.7 Å². The zero-order valence-electron chi connectivity index (χ0n) is 15.7. The van der Waals surface area contributed by atoms with Crippen LogP contribution in [-0.2, 0) is 11.8 Å². The number of aliphatic carboxylic acids is 1. The number of hydrogen-bond donors (Lipinski definition) is 2. The van der Waals surface area contributed by atoms with E-state index in [0.29, 0.717) is 17.3 Å². The number of carboxylic acid groups (broad SMARTS) is 1. The molecular weight excluding hydrogens is 352 g/mol. The number of fused-ring (bicyclic) bond motifs is 1. The van der Waals surface area contributed by atoms with Crippen LogP contribution in [0.2, 0.25) is 0 Å². The van der Waals surface area contributed by atoms with E-state index in [1.165, 1.54) is 11.3 Å². The van der Waals surface area contributed by atoms with Gasteiger partial charge in [0.2, 0.25) is 0 Å². The number of amides is 1. The van der Waals surface area contributed by atoms with Gasteiger partial charge in [0, 0.05) is 24.5 Å². The summed E-state index contributed by atoms with van der Waals surface area (Å²) >= 11 is 1.47. The number of aromatic nitrogens is 2. The monoisotopic (exact) mass is 378 g/mol. The summed E-state index contributed by atoms with van der Waals surface area (Å²) in [6, 6.07) is 2.29. The lowest BCUT2D eigenvalue weighted by Gasteiger charge is -2.42. The van der Waals surface area contributed by atoms with E-state index in [0.717, 1.165) is 28.8 Å². The Balaban J connectivity index is 1.62. The van der Waals surface area contributed by atoms with Gasteiger partial charge in [-0.3, -0.25) is 19.2 Å². The zero-order valence-corrected chi connectivity index (χ0v) is 16.5. The van der Waals surface area contributed by atoms with Gasteiger partial charge in [0.05, 0.1) is 17.1 Å². The number of rotatable bonds is 7. The van der Waals surface area contributed by atoms with Gasteiger partial charge in [-0.1, -0.05) is 20.8 Å². The summed E-state index contributed by atoms with van der Waals surface area (Å²) in [4.78, 5) is 27.2. The molecule has 7 nitrogen and oxygen atoms in total. The highest BCUT2D eigenvalue weighted by Crippen LogP contribution is 2.32. The molecular formula is C18H26N4O3S. The molecule has 2 aromatic rings. The standard InChI is InChI=1S/C18H26N4O3S/c1-5-22(9-15(23)24)12-6-11(7-12)19-17(25)14-8-13-16(10(2)3)20-21(4)18(13)26-14/h8,10-12H,5-7,9H2,1-4H3,(H,19,25)(H,23,24). The number of carboxylic acids is 1. The molecule has 0 unspecified atom stereocenters. The highest BCUT2D eigenvalue weighted by Gasteiger charge is 2.35. The van der Waals surface area contributed by atoms with Gasteiger partial charge in [-0.2, -0.15) is 5.10 Å². The predicted molar refractivity (Wildman–Crippen MR) is 102 cm³/mol. The number of likely N-dealkylation sites (N-methyl/N-ethyl adjacent to an activating group) is 1. The number of nitrogens with zero attached hydrogens (tertiary/aromatic N) is 3. The van der Waals surface area contributed by atoms with Gasteiger partial charge in [0.1, 0.15) is 4.83 Å². The normalized spacial score (nSPS) is 19.9. The summed E-state index contributed by atoms with van der Waals surface area (Å²) in [5, 5.41) is 17.6. The number of carbonyl (C=O) groups is 2. The van der Waals surface area contributed by atoms with Crippen molar-refractivity contribution in [2.24, 2.45) is 7.05 Å². The molecule has 1 fully saturated rings. The number of hydrogen-bond acceptors (Lipinski definition) is 5. The lowest BCUT2D eigenvalue weighted by Crippen LogP contribution is -2.54. The summed E-state index contributed by atoms with van der Waals surface area (Å²) in [5.41, 5.74) is 1.02. The van der Waals surface area contributed by atoms with Gasteiger partial charge in [-0.05, 0) is 31.4 Å². The number of nitrogens with one attached hydrogen (secondary N) is 1. The predicted octanol–water partition coefficient (Wildman–Crippen LogP) is 2.43. The van der Waals surface area contributed by atoms with E-state index < -0.39 is 5.97 Å². The second-order valence-corrected chi connectivity index (χ2v) is 8.28. The lowest BCUT2D eigenvalue weighted by atomic mass is 9.85. The molecule has 142 valence electrons. The molecule has 2 aromatic heterocycles. The van der Waals surface area contributed by atoms with Crippen molar-refractivity contribution in [1.29, 1.82) is 0 Å². The van der Waals surface area contributed by atoms with Gasteiger partial charge in [-0.15, -0.1) is 11.3 Å². The summed E-state index contributed by atoms with van der Waals surface area (Å²) < 4.78 is 1.84. The highest BCUT2D eigenvalue weighted by atomic mass is 32.1. The van der Waals surface area contributed by atoms with Crippen LogP contribution in [0.5, 0.6) is 0 Å². The average molecular weight is 378 g/mol. The molecule has 1 aliphatic rings. The maximum atomic E-state index is 12.6. The smallest absolute Gasteiger partial charge is 0.317 e. The third-order valence-corrected chi connectivity index (χ3v) is 6.22. The molecule has 0 saturated heterocycles. The van der Waals surface area contributed by atoms with E-state index in [1.54, 1.807) is 0 Å². The van der Waals surface area contributed by atoms with Crippen molar-refractivity contribution in [2.45, 2.75) is 51.6 Å². The first-order valence-electron chi connectivity index (χ1n) is 9.03. The first-order chi connectivity index (χ1) is 12.3. The van der Waals surface area contributed by atoms with Crippen LogP contribution in [0.25, 0.3) is 10.2 Å². The molecule has 1 aliphatic carbocycles. The average Bonchev–Trinajstić information content (AvgIpc) is 3.09. The Morgan fingerprint density at radius 2 is 2.15 bits per heavy atom. The van der Waals surface area contributed by atoms with Crippen molar-refractivity contribution in [1.82, 2.24) is 20.0 Å². The van der Waals surface area contributed by atoms with Crippen LogP contribution in [0.4, 0.5) is 0 Å². The van der Waals surface area contributed by atoms with E-state index in [1.807, 2.05) is 29.6 Å². The third-order valence-electron chi connectivity index (χ3n) is 5.02. The summed E-state index contributed by atoms with van der Waals surface area (Å²) in [7, 11) is 1.91. The molecule has 0 bridgehead atoms. The Kier molecular flexibility index (Phi) is 5.34. The van der Waals surface area contributed by atoms with Gasteiger partial charge >= 0.3 is 5.97 Å². The Morgan fingerprint density at radius 3 is 2.73 bits per heavy atom. The van der Waals surface area contributed by atoms with Crippen molar-refractivity contribution >= 4 is 33.4 Å². The molecule has 2 heterocycles. The molecule has 8 heteroatoms. The largest absolute Gasteiger partial charge is 0.480 e. The van der Waals surface area contributed by atoms with Gasteiger partial charge < -0.3 is 10.4 Å². The van der Waals surface area contributed by atoms with E-state index in [-0.39, 0.29) is 24.5 Å². The second-order valence-electron chi connectivity index (χ2n) is 7.25. The molecule has 0 aliphatic heterocycles. The zero-order chi connectivity index (χ0) is 19.0. The van der Waals surface area contributed by atoms with E-state index >= 15 is 0 Å². The van der Waals surface area contributed by atoms with Crippen molar-refractivity contribution in [2.75, 3.05) is 13.1 Å². The highest BCUT2D eigenvalue weighted by molar-refractivity contribution is 7.20. The molecule has 1 saturated carbocycles. The minimum Gasteiger partial charge on any atom is -0.480 e. The molecule has 0 radical (unpaired) electrons. The summed E-state index contributed by atoms with van der Waals surface area (Å²) in [5.74, 6) is -0.546. The fraction of sp³-hybridized carbons (Fsp3) is 0.611. The van der Waals surface area contributed by atoms with Gasteiger partial charge in [0.15, 0.2) is 0 Å². The number of thiophene rings is 1. The maximum absolute atomic E-state index is 12.6. The van der Waals surface area contributed by atoms with Gasteiger partial charge in [0.25, 0.3) is 5.91 Å². The van der Waals surface area contributed by atoms with Gasteiger partial charge in [-0.25, -0.2) is 0 Å². The summed E-state index contributed by atoms with van der Waals surface area (Å²) in [6.07, 6.45) is 1.60. The van der Waals surface area contributed by atoms with E-state index in [2.05, 4.69) is 24.3 Å². The van der Waals surface area contributed by atoms with E-state index in [4.69, 9.17) is 5.11 Å². The van der Waals surface area contributed by atoms with Crippen molar-refractivity contribution in [3.63, 3.8) is 0 Å². The van der Waals surface area contributed by atoms with Crippen LogP contribution < -0.4 is 5.32 Å². The Labute approximate surface area is 157 Å². The quantitative estimate of drug-likeness (QED) is 0.773. The topological polar surface area (TPSA) is 87.5 Å². The minimum atomic E-state index is -0.806. The Morgan fingerprint density at radius 1 is 1.46 bits per heavy atom. The molecule has 0 atom stereocenters. The lowest BCUT2D eigenvalue weighted by molar-refractivity contribution is -0.139. The van der Waals surface area contributed by atoms with Crippen LogP contribution in [0.1, 0.15) is 54.9 Å². The molecule has 26 heavy (non-hydrogen) atoms. The van der Waals surface area contributed by atoms with Crippen LogP contribution in [0.3, 0.4) is 0 Å². The number of aryl methyl sites for hydroxylation is 1. The molecule has 2 N–H and O–H groups in total. The van der Waals surface area contributed by atoms with Crippen LogP contribution >= 0.6 is 11.3 Å². The van der Waals surface area contributed by atoms with Crippen LogP contribution in [-0.4, -0.2) is 56.8 Å². The van der Waals surface area contributed by atoms with Crippen molar-refractivity contribution in [3.8, 4) is 0 Å².